The standard InChI is InChI=1S/C21H28N2O3/c1-4-25-13-14-26-20-12-8-7-11-19(20)23-21(24)15-22-18-10-6-5-9-17(18)16(2)3/h5-12,16,22H,4,13-15H2,1-3H3,(H,23,24). The number of hydrogen-bond acceptors (Lipinski definition) is 4. The van der Waals surface area contributed by atoms with Gasteiger partial charge in [-0.25, -0.2) is 0 Å². The Hall–Kier alpha value is -2.53. The summed E-state index contributed by atoms with van der Waals surface area (Å²) in [6.45, 7) is 8.03. The van der Waals surface area contributed by atoms with Crippen molar-refractivity contribution in [2.75, 3.05) is 37.0 Å². The summed E-state index contributed by atoms with van der Waals surface area (Å²) in [5.41, 5.74) is 2.84. The number of hydrogen-bond donors (Lipinski definition) is 2. The quantitative estimate of drug-likeness (QED) is 0.624. The van der Waals surface area contributed by atoms with Crippen LogP contribution in [-0.4, -0.2) is 32.3 Å². The Morgan fingerprint density at radius 3 is 2.42 bits per heavy atom. The fraction of sp³-hybridized carbons (Fsp3) is 0.381. The van der Waals surface area contributed by atoms with Crippen molar-refractivity contribution in [3.63, 3.8) is 0 Å². The fourth-order valence-electron chi connectivity index (χ4n) is 2.58. The summed E-state index contributed by atoms with van der Waals surface area (Å²) in [7, 11) is 0. The Balaban J connectivity index is 1.92. The maximum atomic E-state index is 12.3. The lowest BCUT2D eigenvalue weighted by atomic mass is 10.0. The first-order valence-electron chi connectivity index (χ1n) is 9.04. The van der Waals surface area contributed by atoms with Gasteiger partial charge in [0.05, 0.1) is 18.8 Å². The van der Waals surface area contributed by atoms with Crippen LogP contribution in [0.3, 0.4) is 0 Å². The lowest BCUT2D eigenvalue weighted by Crippen LogP contribution is -2.22. The fourth-order valence-corrected chi connectivity index (χ4v) is 2.58. The molecule has 0 saturated heterocycles. The van der Waals surface area contributed by atoms with Crippen molar-refractivity contribution in [2.45, 2.75) is 26.7 Å². The zero-order valence-electron chi connectivity index (χ0n) is 15.7. The van der Waals surface area contributed by atoms with Gasteiger partial charge in [0.15, 0.2) is 0 Å². The Morgan fingerprint density at radius 2 is 1.69 bits per heavy atom. The molecule has 0 bridgehead atoms. The van der Waals surface area contributed by atoms with Gasteiger partial charge >= 0.3 is 0 Å². The van der Waals surface area contributed by atoms with Crippen LogP contribution in [-0.2, 0) is 9.53 Å². The molecular weight excluding hydrogens is 328 g/mol. The summed E-state index contributed by atoms with van der Waals surface area (Å²) in [5, 5.41) is 6.12. The number of para-hydroxylation sites is 3. The predicted octanol–water partition coefficient (Wildman–Crippen LogP) is 4.28. The molecule has 2 N–H and O–H groups in total. The maximum Gasteiger partial charge on any atom is 0.243 e. The minimum atomic E-state index is -0.121. The Morgan fingerprint density at radius 1 is 1.00 bits per heavy atom. The van der Waals surface area contributed by atoms with E-state index >= 15 is 0 Å². The zero-order valence-corrected chi connectivity index (χ0v) is 15.7. The van der Waals surface area contributed by atoms with Gasteiger partial charge in [-0.1, -0.05) is 44.2 Å². The van der Waals surface area contributed by atoms with Crippen molar-refractivity contribution in [1.82, 2.24) is 0 Å². The third-order valence-corrected chi connectivity index (χ3v) is 3.87. The summed E-state index contributed by atoms with van der Waals surface area (Å²) >= 11 is 0. The number of rotatable bonds is 10. The lowest BCUT2D eigenvalue weighted by Gasteiger charge is -2.15. The van der Waals surface area contributed by atoms with E-state index in [1.807, 2.05) is 49.4 Å². The molecule has 0 aromatic heterocycles. The van der Waals surface area contributed by atoms with E-state index in [0.717, 1.165) is 5.69 Å². The van der Waals surface area contributed by atoms with Crippen LogP contribution in [0, 0.1) is 0 Å². The summed E-state index contributed by atoms with van der Waals surface area (Å²) in [4.78, 5) is 12.3. The van der Waals surface area contributed by atoms with Crippen LogP contribution in [0.2, 0.25) is 0 Å². The summed E-state index contributed by atoms with van der Waals surface area (Å²) < 4.78 is 11.0. The molecule has 5 heteroatoms. The topological polar surface area (TPSA) is 59.6 Å². The second-order valence-electron chi connectivity index (χ2n) is 6.19. The van der Waals surface area contributed by atoms with Crippen LogP contribution in [0.15, 0.2) is 48.5 Å². The third-order valence-electron chi connectivity index (χ3n) is 3.87. The molecule has 2 aromatic rings. The Kier molecular flexibility index (Phi) is 7.96. The number of carbonyl (C=O) groups excluding carboxylic acids is 1. The van der Waals surface area contributed by atoms with Crippen molar-refractivity contribution < 1.29 is 14.3 Å². The number of carbonyl (C=O) groups is 1. The minimum Gasteiger partial charge on any atom is -0.489 e. The van der Waals surface area contributed by atoms with E-state index in [9.17, 15) is 4.79 Å². The van der Waals surface area contributed by atoms with Gasteiger partial charge in [0.2, 0.25) is 5.91 Å². The highest BCUT2D eigenvalue weighted by Gasteiger charge is 2.10. The lowest BCUT2D eigenvalue weighted by molar-refractivity contribution is -0.114. The third kappa shape index (κ3) is 6.08. The van der Waals surface area contributed by atoms with E-state index in [-0.39, 0.29) is 12.5 Å². The van der Waals surface area contributed by atoms with Crippen molar-refractivity contribution in [1.29, 1.82) is 0 Å². The molecule has 0 unspecified atom stereocenters. The molecule has 0 radical (unpaired) electrons. The molecule has 0 fully saturated rings. The molecule has 0 saturated carbocycles. The van der Waals surface area contributed by atoms with Gasteiger partial charge in [0, 0.05) is 12.3 Å². The molecule has 2 aromatic carbocycles. The van der Waals surface area contributed by atoms with Gasteiger partial charge in [-0.2, -0.15) is 0 Å². The molecule has 2 rings (SSSR count). The van der Waals surface area contributed by atoms with Crippen molar-refractivity contribution in [2.24, 2.45) is 0 Å². The predicted molar refractivity (Wildman–Crippen MR) is 106 cm³/mol. The van der Waals surface area contributed by atoms with Gasteiger partial charge < -0.3 is 20.1 Å². The molecule has 5 nitrogen and oxygen atoms in total. The highest BCUT2D eigenvalue weighted by Crippen LogP contribution is 2.25. The van der Waals surface area contributed by atoms with Crippen LogP contribution >= 0.6 is 0 Å². The average molecular weight is 356 g/mol. The molecule has 0 aliphatic carbocycles. The van der Waals surface area contributed by atoms with Gasteiger partial charge in [0.1, 0.15) is 12.4 Å². The monoisotopic (exact) mass is 356 g/mol. The Bertz CT molecular complexity index is 701. The largest absolute Gasteiger partial charge is 0.489 e. The van der Waals surface area contributed by atoms with Crippen molar-refractivity contribution >= 4 is 17.3 Å². The van der Waals surface area contributed by atoms with Crippen LogP contribution in [0.25, 0.3) is 0 Å². The molecule has 140 valence electrons. The smallest absolute Gasteiger partial charge is 0.243 e. The molecule has 0 aliphatic heterocycles. The van der Waals surface area contributed by atoms with E-state index in [0.29, 0.717) is 37.2 Å². The van der Waals surface area contributed by atoms with Gasteiger partial charge in [0.25, 0.3) is 0 Å². The maximum absolute atomic E-state index is 12.3. The minimum absolute atomic E-state index is 0.121. The number of benzene rings is 2. The highest BCUT2D eigenvalue weighted by atomic mass is 16.5. The molecule has 0 aliphatic rings. The summed E-state index contributed by atoms with van der Waals surface area (Å²) in [5.74, 6) is 0.911. The second kappa shape index (κ2) is 10.5. The van der Waals surface area contributed by atoms with Crippen LogP contribution in [0.4, 0.5) is 11.4 Å². The van der Waals surface area contributed by atoms with Crippen LogP contribution in [0.1, 0.15) is 32.3 Å². The van der Waals surface area contributed by atoms with Gasteiger partial charge in [-0.05, 0) is 36.6 Å². The Labute approximate surface area is 155 Å². The normalized spacial score (nSPS) is 10.6. The molecule has 0 atom stereocenters. The number of amides is 1. The van der Waals surface area contributed by atoms with E-state index in [1.165, 1.54) is 5.56 Å². The number of anilines is 2. The van der Waals surface area contributed by atoms with E-state index in [2.05, 4.69) is 30.5 Å². The highest BCUT2D eigenvalue weighted by molar-refractivity contribution is 5.95. The molecular formula is C21H28N2O3. The van der Waals surface area contributed by atoms with E-state index in [4.69, 9.17) is 9.47 Å². The van der Waals surface area contributed by atoms with Gasteiger partial charge in [-0.3, -0.25) is 4.79 Å². The van der Waals surface area contributed by atoms with Gasteiger partial charge in [-0.15, -0.1) is 0 Å². The van der Waals surface area contributed by atoms with Crippen LogP contribution < -0.4 is 15.4 Å². The average Bonchev–Trinajstić information content (AvgIpc) is 2.65. The summed E-state index contributed by atoms with van der Waals surface area (Å²) in [6, 6.07) is 15.5. The number of ether oxygens (including phenoxy) is 2. The van der Waals surface area contributed by atoms with E-state index in [1.54, 1.807) is 0 Å². The second-order valence-corrected chi connectivity index (χ2v) is 6.19. The number of nitrogens with one attached hydrogen (secondary N) is 2. The SMILES string of the molecule is CCOCCOc1ccccc1NC(=O)CNc1ccccc1C(C)C. The first-order valence-corrected chi connectivity index (χ1v) is 9.04. The first-order chi connectivity index (χ1) is 12.6. The first kappa shape index (κ1) is 19.8. The molecule has 1 amide bonds. The molecule has 26 heavy (non-hydrogen) atoms. The van der Waals surface area contributed by atoms with E-state index < -0.39 is 0 Å². The van der Waals surface area contributed by atoms with Crippen molar-refractivity contribution in [3.05, 3.63) is 54.1 Å². The molecule has 0 spiro atoms. The van der Waals surface area contributed by atoms with Crippen LogP contribution in [0.5, 0.6) is 5.75 Å². The zero-order chi connectivity index (χ0) is 18.8. The van der Waals surface area contributed by atoms with Crippen molar-refractivity contribution in [3.8, 4) is 5.75 Å². The summed E-state index contributed by atoms with van der Waals surface area (Å²) in [6.07, 6.45) is 0. The molecule has 0 heterocycles.